The quantitative estimate of drug-likeness (QED) is 0.239. The number of hydrogen-bond acceptors (Lipinski definition) is 0. The number of hydrogen-bond donors (Lipinski definition) is 0. The van der Waals surface area contributed by atoms with Gasteiger partial charge < -0.3 is 0 Å². The summed E-state index contributed by atoms with van der Waals surface area (Å²) in [6, 6.07) is 0. The maximum absolute atomic E-state index is 10.2. The Kier molecular flexibility index (Phi) is 9.03. The summed E-state index contributed by atoms with van der Waals surface area (Å²) < 4.78 is 20.4. The number of alkyl halides is 2. The Bertz CT molecular complexity index is 12.4. The Hall–Kier alpha value is 0.860. The van der Waals surface area contributed by atoms with E-state index >= 15 is 0 Å². The average molecular weight is 88.0 g/mol. The van der Waals surface area contributed by atoms with E-state index in [1.807, 2.05) is 0 Å². The van der Waals surface area contributed by atoms with Crippen LogP contribution in [0.15, 0.2) is 0 Å². The first-order chi connectivity index (χ1) is 1.73. The van der Waals surface area contributed by atoms with Crippen molar-refractivity contribution in [3.05, 3.63) is 6.92 Å². The van der Waals surface area contributed by atoms with Gasteiger partial charge in [0.05, 0.1) is 0 Å². The van der Waals surface area contributed by atoms with Gasteiger partial charge in [0.15, 0.2) is 0 Å². The Morgan fingerprint density at radius 2 is 1.40 bits per heavy atom. The summed E-state index contributed by atoms with van der Waals surface area (Å²) in [4.78, 5) is 0. The van der Waals surface area contributed by atoms with Crippen LogP contribution in [0.1, 0.15) is 0 Å². The van der Waals surface area contributed by atoms with Crippen molar-refractivity contribution in [2.75, 3.05) is 0 Å². The third-order valence-corrected chi connectivity index (χ3v) is 0. The van der Waals surface area contributed by atoms with Gasteiger partial charge in [-0.1, -0.05) is 0 Å². The van der Waals surface area contributed by atoms with E-state index in [0.717, 1.165) is 0 Å². The van der Waals surface area contributed by atoms with Crippen molar-refractivity contribution in [3.8, 4) is 0 Å². The van der Waals surface area contributed by atoms with Crippen molar-refractivity contribution < 1.29 is 38.3 Å². The topological polar surface area (TPSA) is 0 Å². The molecule has 0 atom stereocenters. The third-order valence-electron chi connectivity index (χ3n) is 0. The molecule has 0 radical (unpaired) electrons. The van der Waals surface area contributed by atoms with Gasteiger partial charge in [0.1, 0.15) is 6.43 Å². The van der Waals surface area contributed by atoms with Crippen molar-refractivity contribution in [1.29, 1.82) is 0 Å². The first kappa shape index (κ1) is 9.29. The van der Waals surface area contributed by atoms with E-state index in [4.69, 9.17) is 0 Å². The predicted octanol–water partition coefficient (Wildman–Crippen LogP) is -1.91. The van der Waals surface area contributed by atoms with Crippen LogP contribution in [-0.2, 0) is 0 Å². The van der Waals surface area contributed by atoms with E-state index in [-0.39, 0.29) is 29.6 Å². The fourth-order valence-electron chi connectivity index (χ4n) is 0. The van der Waals surface area contributed by atoms with Gasteiger partial charge in [0.25, 0.3) is 0 Å². The Morgan fingerprint density at radius 3 is 1.40 bits per heavy atom. The summed E-state index contributed by atoms with van der Waals surface area (Å²) in [5.74, 6) is 0. The van der Waals surface area contributed by atoms with Crippen LogP contribution in [0.4, 0.5) is 8.78 Å². The summed E-state index contributed by atoms with van der Waals surface area (Å²) in [5, 5.41) is 0. The van der Waals surface area contributed by atoms with Gasteiger partial charge in [-0.05, 0) is 0 Å². The molecular weight excluding hydrogens is 85.0 g/mol. The average Bonchev–Trinajstić information content (AvgIpc) is 0.811. The zero-order valence-corrected chi connectivity index (χ0v) is 5.04. The minimum absolute atomic E-state index is 0. The molecule has 0 aliphatic carbocycles. The number of halogens is 2. The van der Waals surface area contributed by atoms with Crippen LogP contribution < -0.4 is 29.6 Å². The molecule has 0 aliphatic heterocycles. The molecule has 0 spiro atoms. The second-order valence-electron chi connectivity index (χ2n) is 0.391. The Balaban J connectivity index is 0. The smallest absolute Gasteiger partial charge is 0.278 e. The van der Waals surface area contributed by atoms with Gasteiger partial charge >= 0.3 is 29.6 Å². The zero-order valence-electron chi connectivity index (χ0n) is 3.04. The fourth-order valence-corrected chi connectivity index (χ4v) is 0. The largest absolute Gasteiger partial charge is 1.00 e. The van der Waals surface area contributed by atoms with E-state index in [9.17, 15) is 8.78 Å². The van der Waals surface area contributed by atoms with Gasteiger partial charge in [-0.2, -0.15) is 0 Å². The van der Waals surface area contributed by atoms with E-state index in [0.29, 0.717) is 0 Å². The molecule has 3 heteroatoms. The molecule has 0 saturated heterocycles. The monoisotopic (exact) mass is 88.0 g/mol. The summed E-state index contributed by atoms with van der Waals surface area (Å²) in [6.45, 7) is 2.31. The van der Waals surface area contributed by atoms with Gasteiger partial charge in [-0.3, -0.25) is 6.92 Å². The molecule has 0 nitrogen and oxygen atoms in total. The second kappa shape index (κ2) is 4.86. The first-order valence-corrected chi connectivity index (χ1v) is 0.845. The molecular formula is C2H3F2Na. The number of rotatable bonds is 0. The van der Waals surface area contributed by atoms with Gasteiger partial charge in [0.2, 0.25) is 0 Å². The molecule has 0 N–H and O–H groups in total. The molecule has 0 fully saturated rings. The Labute approximate surface area is 51.8 Å². The van der Waals surface area contributed by atoms with Crippen LogP contribution >= 0.6 is 0 Å². The van der Waals surface area contributed by atoms with Crippen LogP contribution in [0.5, 0.6) is 0 Å². The molecule has 0 aromatic rings. The van der Waals surface area contributed by atoms with Crippen molar-refractivity contribution in [1.82, 2.24) is 0 Å². The molecule has 0 unspecified atom stereocenters. The summed E-state index contributed by atoms with van der Waals surface area (Å²) >= 11 is 0. The van der Waals surface area contributed by atoms with Crippen LogP contribution in [0.3, 0.4) is 0 Å². The van der Waals surface area contributed by atoms with Crippen molar-refractivity contribution in [2.45, 2.75) is 6.43 Å². The molecule has 0 saturated carbocycles. The fraction of sp³-hybridized carbons (Fsp3) is 0.500. The van der Waals surface area contributed by atoms with Gasteiger partial charge in [-0.15, -0.1) is 0 Å². The SMILES string of the molecule is [CH2-]C(F)F.[Na+]. The molecule has 0 aromatic carbocycles. The van der Waals surface area contributed by atoms with E-state index in [1.165, 1.54) is 0 Å². The molecule has 0 amide bonds. The first-order valence-electron chi connectivity index (χ1n) is 0.845. The van der Waals surface area contributed by atoms with Crippen LogP contribution in [-0.4, -0.2) is 6.43 Å². The second-order valence-corrected chi connectivity index (χ2v) is 0.391. The minimum atomic E-state index is -2.42. The minimum Gasteiger partial charge on any atom is -0.278 e. The van der Waals surface area contributed by atoms with Gasteiger partial charge in [-0.25, -0.2) is 8.78 Å². The summed E-state index contributed by atoms with van der Waals surface area (Å²) in [7, 11) is 0. The summed E-state index contributed by atoms with van der Waals surface area (Å²) in [5.41, 5.74) is 0. The molecule has 26 valence electrons. The third kappa shape index (κ3) is 53.7. The van der Waals surface area contributed by atoms with Crippen LogP contribution in [0.2, 0.25) is 0 Å². The van der Waals surface area contributed by atoms with Crippen molar-refractivity contribution in [3.63, 3.8) is 0 Å². The van der Waals surface area contributed by atoms with Crippen molar-refractivity contribution in [2.24, 2.45) is 0 Å². The zero-order chi connectivity index (χ0) is 3.58. The van der Waals surface area contributed by atoms with E-state index < -0.39 is 6.43 Å². The van der Waals surface area contributed by atoms with Crippen molar-refractivity contribution >= 4 is 0 Å². The summed E-state index contributed by atoms with van der Waals surface area (Å²) in [6.07, 6.45) is -2.42. The standard InChI is InChI=1S/C2H3F2.Na/c1-2(3)4;/h2H,1H2;/q-1;+1. The maximum atomic E-state index is 10.2. The normalized spacial score (nSPS) is 7.20. The van der Waals surface area contributed by atoms with Crippen LogP contribution in [0.25, 0.3) is 0 Å². The molecule has 0 aliphatic rings. The van der Waals surface area contributed by atoms with Gasteiger partial charge in [0, 0.05) is 0 Å². The van der Waals surface area contributed by atoms with E-state index in [1.54, 1.807) is 0 Å². The molecule has 0 aromatic heterocycles. The Morgan fingerprint density at radius 1 is 1.40 bits per heavy atom. The molecule has 0 bridgehead atoms. The predicted molar refractivity (Wildman–Crippen MR) is 11.4 cm³/mol. The maximum Gasteiger partial charge on any atom is 1.00 e. The van der Waals surface area contributed by atoms with E-state index in [2.05, 4.69) is 6.92 Å². The molecule has 5 heavy (non-hydrogen) atoms. The van der Waals surface area contributed by atoms with Crippen LogP contribution in [0, 0.1) is 6.92 Å². The molecule has 0 heterocycles. The molecule has 0 rings (SSSR count).